The normalized spacial score (nSPS) is 9.44. The van der Waals surface area contributed by atoms with Crippen molar-refractivity contribution in [2.45, 2.75) is 0 Å². The first kappa shape index (κ1) is 47.0. The van der Waals surface area contributed by atoms with Crippen molar-refractivity contribution in [1.82, 2.24) is 14.7 Å². The van der Waals surface area contributed by atoms with Gasteiger partial charge >= 0.3 is 34.1 Å². The maximum atomic E-state index is 10.3. The molecule has 23 heteroatoms. The van der Waals surface area contributed by atoms with Gasteiger partial charge in [0.2, 0.25) is 17.7 Å². The van der Waals surface area contributed by atoms with E-state index in [0.717, 1.165) is 14.7 Å². The van der Waals surface area contributed by atoms with Gasteiger partial charge in [0.15, 0.2) is 0 Å². The molecule has 0 saturated heterocycles. The monoisotopic (exact) mass is 676 g/mol. The number of rotatable bonds is 18. The third-order valence-corrected chi connectivity index (χ3v) is 3.25. The number of hydrogen-bond acceptors (Lipinski definition) is 18. The molecule has 6 N–H and O–H groups in total. The quantitative estimate of drug-likeness (QED) is 0.113. The van der Waals surface area contributed by atoms with E-state index < -0.39 is 112 Å². The largest absolute Gasteiger partial charge is 3.00 e. The maximum Gasteiger partial charge on any atom is 3.00 e. The van der Waals surface area contributed by atoms with Crippen LogP contribution in [0.4, 0.5) is 0 Å². The Morgan fingerprint density at radius 2 is 0.463 bits per heavy atom. The number of carboxylic acids is 6. The van der Waals surface area contributed by atoms with E-state index in [1.165, 1.54) is 0 Å². The Kier molecular flexibility index (Phi) is 30.2. The van der Waals surface area contributed by atoms with Crippen LogP contribution < -0.4 is 47.8 Å². The number of carbonyl (C=O) groups excluding carboxylic acids is 9. The SMILES string of the molecule is NC(=O)CN(CC(=O)[O-])CC(=O)[O-].NC(=O)CN(CC(=O)[O-])CC(=O)[O-].NC(=O)CN(CC(=O)[O-])CC(=O)[O-].[Fe+3].[Fe+3]. The molecule has 0 aromatic rings. The topological polar surface area (TPSA) is 380 Å². The van der Waals surface area contributed by atoms with Gasteiger partial charge in [-0.05, 0) is 0 Å². The molecule has 0 unspecified atom stereocenters. The average Bonchev–Trinajstić information content (AvgIpc) is 2.63. The molecule has 0 atom stereocenters. The van der Waals surface area contributed by atoms with Crippen LogP contribution in [0.2, 0.25) is 0 Å². The zero-order chi connectivity index (χ0) is 31.3. The summed E-state index contributed by atoms with van der Waals surface area (Å²) in [5.41, 5.74) is 14.2. The van der Waals surface area contributed by atoms with E-state index in [2.05, 4.69) is 0 Å². The first-order chi connectivity index (χ1) is 17.7. The van der Waals surface area contributed by atoms with Gasteiger partial charge in [0.05, 0.1) is 55.5 Å². The molecular formula is C18H24Fe2N6O15. The van der Waals surface area contributed by atoms with E-state index in [9.17, 15) is 73.8 Å². The zero-order valence-electron chi connectivity index (χ0n) is 20.8. The van der Waals surface area contributed by atoms with E-state index in [1.807, 2.05) is 0 Å². The molecule has 0 aliphatic carbocycles. The smallest absolute Gasteiger partial charge is 0.549 e. The summed E-state index contributed by atoms with van der Waals surface area (Å²) in [7, 11) is 0. The van der Waals surface area contributed by atoms with Gasteiger partial charge in [0.1, 0.15) is 0 Å². The second-order valence-electron chi connectivity index (χ2n) is 7.07. The molecule has 21 nitrogen and oxygen atoms in total. The van der Waals surface area contributed by atoms with Crippen molar-refractivity contribution in [3.63, 3.8) is 0 Å². The number of carbonyl (C=O) groups is 9. The van der Waals surface area contributed by atoms with Gasteiger partial charge < -0.3 is 76.6 Å². The molecule has 0 aliphatic rings. The average molecular weight is 676 g/mol. The first-order valence-corrected chi connectivity index (χ1v) is 9.96. The number of carboxylic acid groups (broad SMARTS) is 6. The van der Waals surface area contributed by atoms with E-state index in [0.29, 0.717) is 0 Å². The fourth-order valence-electron chi connectivity index (χ4n) is 2.26. The van der Waals surface area contributed by atoms with Crippen LogP contribution in [0.1, 0.15) is 0 Å². The number of amides is 3. The number of hydrogen-bond donors (Lipinski definition) is 3. The van der Waals surface area contributed by atoms with E-state index >= 15 is 0 Å². The van der Waals surface area contributed by atoms with E-state index in [-0.39, 0.29) is 34.1 Å². The molecule has 232 valence electrons. The molecule has 0 saturated carbocycles. The number of primary amides is 3. The molecule has 0 spiro atoms. The van der Waals surface area contributed by atoms with Gasteiger partial charge in [-0.15, -0.1) is 0 Å². The van der Waals surface area contributed by atoms with Crippen molar-refractivity contribution in [1.29, 1.82) is 0 Å². The van der Waals surface area contributed by atoms with Crippen LogP contribution in [-0.4, -0.2) is 127 Å². The summed E-state index contributed by atoms with van der Waals surface area (Å²) >= 11 is 0. The summed E-state index contributed by atoms with van der Waals surface area (Å²) < 4.78 is 0. The van der Waals surface area contributed by atoms with Crippen LogP contribution in [0, 0.1) is 0 Å². The molecular weight excluding hydrogens is 652 g/mol. The van der Waals surface area contributed by atoms with Gasteiger partial charge in [0, 0.05) is 39.3 Å². The summed E-state index contributed by atoms with van der Waals surface area (Å²) in [5.74, 6) is -11.4. The predicted octanol–water partition coefficient (Wildman–Crippen LogP) is -14.2. The van der Waals surface area contributed by atoms with Crippen molar-refractivity contribution in [2.75, 3.05) is 58.9 Å². The molecule has 0 aliphatic heterocycles. The van der Waals surface area contributed by atoms with Crippen LogP contribution in [0.3, 0.4) is 0 Å². The Morgan fingerprint density at radius 3 is 0.537 bits per heavy atom. The molecule has 3 amide bonds. The van der Waals surface area contributed by atoms with Gasteiger partial charge in [0.25, 0.3) is 0 Å². The third kappa shape index (κ3) is 40.8. The van der Waals surface area contributed by atoms with Crippen LogP contribution in [-0.2, 0) is 77.3 Å². The summed E-state index contributed by atoms with van der Waals surface area (Å²) in [6.07, 6.45) is 0. The zero-order valence-corrected chi connectivity index (χ0v) is 23.0. The third-order valence-electron chi connectivity index (χ3n) is 3.25. The Hall–Kier alpha value is -3.85. The Morgan fingerprint density at radius 1 is 0.341 bits per heavy atom. The second kappa shape index (κ2) is 26.4. The molecule has 41 heavy (non-hydrogen) atoms. The standard InChI is InChI=1S/3C6H10N2O5.2Fe/c3*7-4(9)1-8(2-5(10)11)3-6(12)13;;/h3*1-3H2,(H2,7,9)(H,10,11)(H,12,13);;/q;;;2*+3/p-6. The van der Waals surface area contributed by atoms with Crippen molar-refractivity contribution in [3.8, 4) is 0 Å². The minimum Gasteiger partial charge on any atom is -0.549 e. The van der Waals surface area contributed by atoms with Gasteiger partial charge in [-0.3, -0.25) is 29.1 Å². The molecule has 0 rings (SSSR count). The second-order valence-corrected chi connectivity index (χ2v) is 7.07. The van der Waals surface area contributed by atoms with Crippen molar-refractivity contribution in [3.05, 3.63) is 0 Å². The number of nitrogens with zero attached hydrogens (tertiary/aromatic N) is 3. The summed E-state index contributed by atoms with van der Waals surface area (Å²) in [5, 5.41) is 60.3. The summed E-state index contributed by atoms with van der Waals surface area (Å²) in [6.45, 7) is -5.39. The van der Waals surface area contributed by atoms with Gasteiger partial charge in [-0.25, -0.2) is 0 Å². The Labute approximate surface area is 252 Å². The molecule has 0 bridgehead atoms. The first-order valence-electron chi connectivity index (χ1n) is 9.96. The van der Waals surface area contributed by atoms with E-state index in [4.69, 9.17) is 17.2 Å². The molecule has 0 aromatic heterocycles. The van der Waals surface area contributed by atoms with Crippen molar-refractivity contribution >= 4 is 53.5 Å². The minimum absolute atomic E-state index is 0. The van der Waals surface area contributed by atoms with Crippen LogP contribution >= 0.6 is 0 Å². The Balaban J connectivity index is -0.000000154. The van der Waals surface area contributed by atoms with Crippen LogP contribution in [0.25, 0.3) is 0 Å². The summed E-state index contributed by atoms with van der Waals surface area (Å²) in [4.78, 5) is 93.7. The minimum atomic E-state index is -1.48. The molecule has 0 aromatic carbocycles. The van der Waals surface area contributed by atoms with Crippen LogP contribution in [0.15, 0.2) is 0 Å². The fraction of sp³-hybridized carbons (Fsp3) is 0.500. The number of nitrogens with two attached hydrogens (primary N) is 3. The van der Waals surface area contributed by atoms with Crippen molar-refractivity contribution in [2.24, 2.45) is 17.2 Å². The van der Waals surface area contributed by atoms with Gasteiger partial charge in [-0.2, -0.15) is 0 Å². The molecule has 2 radical (unpaired) electrons. The molecule has 0 fully saturated rings. The Bertz CT molecular complexity index is 693. The molecule has 0 heterocycles. The van der Waals surface area contributed by atoms with Crippen molar-refractivity contribution < 1.29 is 108 Å². The fourth-order valence-corrected chi connectivity index (χ4v) is 2.26. The predicted molar refractivity (Wildman–Crippen MR) is 107 cm³/mol. The maximum absolute atomic E-state index is 10.3. The van der Waals surface area contributed by atoms with Crippen LogP contribution in [0.5, 0.6) is 0 Å². The van der Waals surface area contributed by atoms with E-state index in [1.54, 1.807) is 0 Å². The number of aliphatic carboxylic acids is 6. The summed E-state index contributed by atoms with van der Waals surface area (Å²) in [6, 6.07) is 0. The van der Waals surface area contributed by atoms with Gasteiger partial charge in [-0.1, -0.05) is 0 Å².